The monoisotopic (exact) mass is 319 g/mol. The number of aliphatic hydroxyl groups excluding tert-OH is 1. The Balaban J connectivity index is 1.87. The van der Waals surface area contributed by atoms with Gasteiger partial charge in [0.2, 0.25) is 0 Å². The number of amides is 1. The van der Waals surface area contributed by atoms with E-state index in [4.69, 9.17) is 5.11 Å². The molecular formula is C15H14FN3O2S. The molecule has 0 saturated carbocycles. The van der Waals surface area contributed by atoms with E-state index in [1.54, 1.807) is 11.3 Å². The predicted octanol–water partition coefficient (Wildman–Crippen LogP) is 2.40. The molecule has 114 valence electrons. The van der Waals surface area contributed by atoms with Crippen LogP contribution in [0.2, 0.25) is 0 Å². The van der Waals surface area contributed by atoms with E-state index < -0.39 is 0 Å². The van der Waals surface area contributed by atoms with Crippen molar-refractivity contribution in [1.82, 2.24) is 14.9 Å². The highest BCUT2D eigenvalue weighted by atomic mass is 32.1. The average Bonchev–Trinajstić information content (AvgIpc) is 3.14. The minimum atomic E-state index is -0.388. The summed E-state index contributed by atoms with van der Waals surface area (Å²) in [5.41, 5.74) is 1.01. The number of aliphatic hydroxyl groups is 1. The van der Waals surface area contributed by atoms with E-state index in [-0.39, 0.29) is 30.7 Å². The molecule has 0 radical (unpaired) electrons. The molecule has 0 saturated heterocycles. The number of carbonyl (C=O) groups is 1. The Morgan fingerprint density at radius 3 is 3.00 bits per heavy atom. The highest BCUT2D eigenvalue weighted by Crippen LogP contribution is 2.16. The molecule has 0 unspecified atom stereocenters. The number of H-pyrrole nitrogens is 1. The Bertz CT molecular complexity index is 785. The zero-order chi connectivity index (χ0) is 15.5. The molecule has 0 aliphatic heterocycles. The fraction of sp³-hybridized carbons (Fsp3) is 0.200. The Labute approximate surface area is 130 Å². The first-order valence-electron chi connectivity index (χ1n) is 6.75. The number of imidazole rings is 1. The number of nitrogens with one attached hydrogen (secondary N) is 1. The van der Waals surface area contributed by atoms with Gasteiger partial charge in [-0.05, 0) is 29.6 Å². The van der Waals surface area contributed by atoms with E-state index in [2.05, 4.69) is 9.97 Å². The molecule has 0 aliphatic carbocycles. The van der Waals surface area contributed by atoms with Gasteiger partial charge in [-0.15, -0.1) is 11.3 Å². The van der Waals surface area contributed by atoms with Crippen molar-refractivity contribution in [2.75, 3.05) is 13.2 Å². The zero-order valence-corrected chi connectivity index (χ0v) is 12.4. The fourth-order valence-electron chi connectivity index (χ4n) is 2.20. The van der Waals surface area contributed by atoms with E-state index in [0.717, 1.165) is 4.88 Å². The molecule has 0 spiro atoms. The lowest BCUT2D eigenvalue weighted by Crippen LogP contribution is -2.33. The molecule has 3 rings (SSSR count). The van der Waals surface area contributed by atoms with E-state index in [9.17, 15) is 9.18 Å². The number of hydrogen-bond donors (Lipinski definition) is 2. The maximum absolute atomic E-state index is 13.2. The predicted molar refractivity (Wildman–Crippen MR) is 82.2 cm³/mol. The second kappa shape index (κ2) is 6.25. The maximum atomic E-state index is 13.2. The highest BCUT2D eigenvalue weighted by molar-refractivity contribution is 7.09. The molecule has 7 heteroatoms. The van der Waals surface area contributed by atoms with Crippen molar-refractivity contribution >= 4 is 28.3 Å². The van der Waals surface area contributed by atoms with Crippen molar-refractivity contribution in [3.05, 3.63) is 52.2 Å². The Morgan fingerprint density at radius 1 is 1.41 bits per heavy atom. The van der Waals surface area contributed by atoms with Gasteiger partial charge < -0.3 is 15.0 Å². The second-order valence-electron chi connectivity index (χ2n) is 4.78. The number of halogens is 1. The van der Waals surface area contributed by atoms with Gasteiger partial charge in [0, 0.05) is 11.4 Å². The second-order valence-corrected chi connectivity index (χ2v) is 5.81. The quantitative estimate of drug-likeness (QED) is 0.759. The summed E-state index contributed by atoms with van der Waals surface area (Å²) in [7, 11) is 0. The minimum absolute atomic E-state index is 0.133. The summed E-state index contributed by atoms with van der Waals surface area (Å²) in [5, 5.41) is 11.1. The molecule has 2 heterocycles. The third kappa shape index (κ3) is 3.00. The normalized spacial score (nSPS) is 11.0. The van der Waals surface area contributed by atoms with Crippen LogP contribution in [0.4, 0.5) is 4.39 Å². The van der Waals surface area contributed by atoms with Gasteiger partial charge in [-0.3, -0.25) is 4.79 Å². The van der Waals surface area contributed by atoms with Gasteiger partial charge in [0.15, 0.2) is 5.82 Å². The van der Waals surface area contributed by atoms with Crippen LogP contribution in [0.15, 0.2) is 35.7 Å². The summed E-state index contributed by atoms with van der Waals surface area (Å²) >= 11 is 1.54. The average molecular weight is 319 g/mol. The van der Waals surface area contributed by atoms with Crippen molar-refractivity contribution in [3.63, 3.8) is 0 Å². The molecule has 22 heavy (non-hydrogen) atoms. The van der Waals surface area contributed by atoms with Crippen molar-refractivity contribution in [1.29, 1.82) is 0 Å². The van der Waals surface area contributed by atoms with Crippen molar-refractivity contribution < 1.29 is 14.3 Å². The third-order valence-corrected chi connectivity index (χ3v) is 4.09. The molecule has 1 aromatic carbocycles. The lowest BCUT2D eigenvalue weighted by molar-refractivity contribution is 0.0699. The van der Waals surface area contributed by atoms with Crippen LogP contribution >= 0.6 is 11.3 Å². The lowest BCUT2D eigenvalue weighted by atomic mass is 10.3. The largest absolute Gasteiger partial charge is 0.395 e. The van der Waals surface area contributed by atoms with E-state index in [1.807, 2.05) is 17.5 Å². The van der Waals surface area contributed by atoms with E-state index in [0.29, 0.717) is 17.6 Å². The number of benzene rings is 1. The van der Waals surface area contributed by atoms with Crippen LogP contribution < -0.4 is 0 Å². The van der Waals surface area contributed by atoms with Gasteiger partial charge in [-0.25, -0.2) is 9.37 Å². The van der Waals surface area contributed by atoms with Gasteiger partial charge in [-0.1, -0.05) is 6.07 Å². The molecule has 2 N–H and O–H groups in total. The summed E-state index contributed by atoms with van der Waals surface area (Å²) in [4.78, 5) is 22.1. The van der Waals surface area contributed by atoms with Crippen LogP contribution in [0, 0.1) is 5.82 Å². The molecule has 0 fully saturated rings. The Morgan fingerprint density at radius 2 is 2.27 bits per heavy atom. The maximum Gasteiger partial charge on any atom is 0.290 e. The Kier molecular flexibility index (Phi) is 4.17. The van der Waals surface area contributed by atoms with Crippen LogP contribution in [0.3, 0.4) is 0 Å². The van der Waals surface area contributed by atoms with Crippen molar-refractivity contribution in [2.24, 2.45) is 0 Å². The smallest absolute Gasteiger partial charge is 0.290 e. The number of hydrogen-bond acceptors (Lipinski definition) is 4. The molecule has 1 amide bonds. The van der Waals surface area contributed by atoms with Crippen LogP contribution in [-0.4, -0.2) is 39.0 Å². The number of fused-ring (bicyclic) bond motifs is 1. The first-order valence-corrected chi connectivity index (χ1v) is 7.63. The van der Waals surface area contributed by atoms with Gasteiger partial charge in [-0.2, -0.15) is 0 Å². The van der Waals surface area contributed by atoms with Gasteiger partial charge in [0.25, 0.3) is 5.91 Å². The van der Waals surface area contributed by atoms with Gasteiger partial charge in [0.1, 0.15) is 5.82 Å². The van der Waals surface area contributed by atoms with Crippen LogP contribution in [0.25, 0.3) is 11.0 Å². The molecule has 3 aromatic rings. The Hall–Kier alpha value is -2.25. The molecule has 0 aliphatic rings. The topological polar surface area (TPSA) is 69.2 Å². The lowest BCUT2D eigenvalue weighted by Gasteiger charge is -2.19. The van der Waals surface area contributed by atoms with Gasteiger partial charge >= 0.3 is 0 Å². The summed E-state index contributed by atoms with van der Waals surface area (Å²) in [5.74, 6) is -0.564. The number of carbonyl (C=O) groups excluding carboxylic acids is 1. The van der Waals surface area contributed by atoms with E-state index in [1.165, 1.54) is 23.1 Å². The molecule has 0 bridgehead atoms. The fourth-order valence-corrected chi connectivity index (χ4v) is 2.92. The van der Waals surface area contributed by atoms with Crippen LogP contribution in [0.1, 0.15) is 15.5 Å². The van der Waals surface area contributed by atoms with Crippen molar-refractivity contribution in [2.45, 2.75) is 6.54 Å². The summed E-state index contributed by atoms with van der Waals surface area (Å²) in [6, 6.07) is 7.96. The highest BCUT2D eigenvalue weighted by Gasteiger charge is 2.19. The third-order valence-electron chi connectivity index (χ3n) is 3.23. The summed E-state index contributed by atoms with van der Waals surface area (Å²) in [6.45, 7) is 0.483. The van der Waals surface area contributed by atoms with Crippen LogP contribution in [-0.2, 0) is 6.54 Å². The standard InChI is InChI=1S/C15H14FN3O2S/c16-10-3-4-12-13(8-10)18-14(17-12)15(21)19(5-6-20)9-11-2-1-7-22-11/h1-4,7-8,20H,5-6,9H2,(H,17,18). The zero-order valence-electron chi connectivity index (χ0n) is 11.6. The number of thiophene rings is 1. The first-order chi connectivity index (χ1) is 10.7. The molecule has 5 nitrogen and oxygen atoms in total. The molecule has 2 aromatic heterocycles. The molecule has 0 atom stereocenters. The summed E-state index contributed by atoms with van der Waals surface area (Å²) in [6.07, 6.45) is 0. The number of rotatable bonds is 5. The molecular weight excluding hydrogens is 305 g/mol. The SMILES string of the molecule is O=C(c1nc2ccc(F)cc2[nH]1)N(CCO)Cc1cccs1. The van der Waals surface area contributed by atoms with E-state index >= 15 is 0 Å². The number of aromatic nitrogens is 2. The van der Waals surface area contributed by atoms with Crippen LogP contribution in [0.5, 0.6) is 0 Å². The number of aromatic amines is 1. The van der Waals surface area contributed by atoms with Crippen molar-refractivity contribution in [3.8, 4) is 0 Å². The summed E-state index contributed by atoms with van der Waals surface area (Å²) < 4.78 is 13.2. The van der Waals surface area contributed by atoms with Gasteiger partial charge in [0.05, 0.1) is 24.2 Å². The first kappa shape index (κ1) is 14.7. The minimum Gasteiger partial charge on any atom is -0.395 e. The number of nitrogens with zero attached hydrogens (tertiary/aromatic N) is 2.